The fourth-order valence-electron chi connectivity index (χ4n) is 3.43. The normalized spacial score (nSPS) is 26.4. The third-order valence-electron chi connectivity index (χ3n) is 4.86. The maximum atomic E-state index is 13.1. The van der Waals surface area contributed by atoms with E-state index in [9.17, 15) is 9.18 Å². The second-order valence-corrected chi connectivity index (χ2v) is 7.79. The lowest BCUT2D eigenvalue weighted by molar-refractivity contribution is -0.141. The molecule has 1 amide bonds. The minimum Gasteiger partial charge on any atom is -0.334 e. The van der Waals surface area contributed by atoms with Gasteiger partial charge in [-0.3, -0.25) is 4.79 Å². The van der Waals surface area contributed by atoms with E-state index in [0.717, 1.165) is 24.9 Å². The molecule has 4 nitrogen and oxygen atoms in total. The lowest BCUT2D eigenvalue weighted by atomic mass is 9.93. The Hall–Kier alpha value is -1.76. The number of hydrogen-bond acceptors (Lipinski definition) is 4. The largest absolute Gasteiger partial charge is 0.334 e. The molecule has 0 saturated carbocycles. The number of carbonyl (C=O) groups excluding carboxylic acids is 1. The third-order valence-corrected chi connectivity index (χ3v) is 5.98. The number of benzene rings is 1. The average molecular weight is 345 g/mol. The highest BCUT2D eigenvalue weighted by Crippen LogP contribution is 2.35. The molecule has 126 valence electrons. The summed E-state index contributed by atoms with van der Waals surface area (Å²) in [5.74, 6) is -0.120. The van der Waals surface area contributed by atoms with Gasteiger partial charge >= 0.3 is 0 Å². The zero-order valence-electron chi connectivity index (χ0n) is 13.5. The van der Waals surface area contributed by atoms with Gasteiger partial charge in [0.2, 0.25) is 5.91 Å². The molecule has 2 saturated heterocycles. The topological polar surface area (TPSA) is 44.4 Å². The Morgan fingerprint density at radius 2 is 2.00 bits per heavy atom. The van der Waals surface area contributed by atoms with Crippen molar-refractivity contribution < 1.29 is 9.18 Å². The maximum absolute atomic E-state index is 13.1. The van der Waals surface area contributed by atoms with Crippen molar-refractivity contribution in [2.24, 2.45) is 0 Å². The summed E-state index contributed by atoms with van der Waals surface area (Å²) in [6, 6.07) is 10.7. The summed E-state index contributed by atoms with van der Waals surface area (Å²) in [5, 5.41) is 0. The van der Waals surface area contributed by atoms with Crippen LogP contribution in [0.5, 0.6) is 0 Å². The summed E-state index contributed by atoms with van der Waals surface area (Å²) in [6.45, 7) is 2.86. The summed E-state index contributed by atoms with van der Waals surface area (Å²) in [7, 11) is 0. The van der Waals surface area contributed by atoms with E-state index >= 15 is 0 Å². The van der Waals surface area contributed by atoms with Gasteiger partial charge in [0.25, 0.3) is 0 Å². The Balaban J connectivity index is 1.42. The highest BCUT2D eigenvalue weighted by molar-refractivity contribution is 7.12. The number of amides is 1. The van der Waals surface area contributed by atoms with Crippen LogP contribution >= 0.6 is 11.3 Å². The molecule has 2 aromatic rings. The standard InChI is InChI=1S/C18H20FN3OS/c1-11-2-7-17(24-11)14-10-15(21-20-14)18(23)22-9-8-16(22)12-3-5-13(19)6-4-12/h2-7,14-16,20-21H,8-10H2,1H3. The van der Waals surface area contributed by atoms with E-state index in [4.69, 9.17) is 0 Å². The van der Waals surface area contributed by atoms with Crippen LogP contribution < -0.4 is 10.9 Å². The Labute approximate surface area is 144 Å². The lowest BCUT2D eigenvalue weighted by Crippen LogP contribution is -2.52. The second kappa shape index (κ2) is 6.27. The highest BCUT2D eigenvalue weighted by Gasteiger charge is 2.40. The fourth-order valence-corrected chi connectivity index (χ4v) is 4.37. The van der Waals surface area contributed by atoms with Crippen LogP contribution in [0.15, 0.2) is 36.4 Å². The van der Waals surface area contributed by atoms with Crippen molar-refractivity contribution in [1.29, 1.82) is 0 Å². The number of nitrogens with zero attached hydrogens (tertiary/aromatic N) is 1. The minimum absolute atomic E-state index is 0.0722. The van der Waals surface area contributed by atoms with E-state index in [1.165, 1.54) is 21.9 Å². The molecular weight excluding hydrogens is 325 g/mol. The maximum Gasteiger partial charge on any atom is 0.241 e. The first kappa shape index (κ1) is 15.7. The molecule has 2 N–H and O–H groups in total. The molecule has 3 unspecified atom stereocenters. The van der Waals surface area contributed by atoms with Crippen LogP contribution in [0.1, 0.15) is 40.2 Å². The number of thiophene rings is 1. The number of nitrogens with one attached hydrogen (secondary N) is 2. The van der Waals surface area contributed by atoms with E-state index in [1.54, 1.807) is 23.5 Å². The molecule has 0 bridgehead atoms. The zero-order valence-corrected chi connectivity index (χ0v) is 14.3. The molecule has 1 aromatic carbocycles. The molecule has 0 radical (unpaired) electrons. The lowest BCUT2D eigenvalue weighted by Gasteiger charge is -2.42. The van der Waals surface area contributed by atoms with Gasteiger partial charge in [-0.05, 0) is 49.6 Å². The van der Waals surface area contributed by atoms with E-state index in [1.807, 2.05) is 4.90 Å². The van der Waals surface area contributed by atoms with Gasteiger partial charge in [0.1, 0.15) is 11.9 Å². The Morgan fingerprint density at radius 3 is 2.62 bits per heavy atom. The number of hydrogen-bond donors (Lipinski definition) is 2. The summed E-state index contributed by atoms with van der Waals surface area (Å²) in [4.78, 5) is 17.2. The van der Waals surface area contributed by atoms with Crippen LogP contribution in [-0.2, 0) is 4.79 Å². The van der Waals surface area contributed by atoms with E-state index in [0.29, 0.717) is 0 Å². The van der Waals surface area contributed by atoms with Crippen LogP contribution in [0.2, 0.25) is 0 Å². The molecule has 3 heterocycles. The van der Waals surface area contributed by atoms with Crippen molar-refractivity contribution in [3.8, 4) is 0 Å². The first-order valence-electron chi connectivity index (χ1n) is 8.25. The van der Waals surface area contributed by atoms with E-state index in [-0.39, 0.29) is 29.8 Å². The van der Waals surface area contributed by atoms with Gasteiger partial charge in [-0.1, -0.05) is 12.1 Å². The molecule has 6 heteroatoms. The number of rotatable bonds is 3. The summed E-state index contributed by atoms with van der Waals surface area (Å²) < 4.78 is 13.1. The SMILES string of the molecule is Cc1ccc(C2CC(C(=O)N3CCC3c3ccc(F)cc3)NN2)s1. The van der Waals surface area contributed by atoms with Crippen molar-refractivity contribution in [2.45, 2.75) is 37.9 Å². The second-order valence-electron chi connectivity index (χ2n) is 6.47. The molecule has 2 aliphatic heterocycles. The van der Waals surface area contributed by atoms with Crippen molar-refractivity contribution >= 4 is 17.2 Å². The van der Waals surface area contributed by atoms with Crippen LogP contribution in [-0.4, -0.2) is 23.4 Å². The summed E-state index contributed by atoms with van der Waals surface area (Å²) in [6.07, 6.45) is 1.69. The molecule has 0 spiro atoms. The molecule has 1 aromatic heterocycles. The van der Waals surface area contributed by atoms with Gasteiger partial charge in [-0.25, -0.2) is 15.2 Å². The van der Waals surface area contributed by atoms with Crippen LogP contribution in [0.3, 0.4) is 0 Å². The van der Waals surface area contributed by atoms with Crippen LogP contribution in [0.4, 0.5) is 4.39 Å². The van der Waals surface area contributed by atoms with Gasteiger partial charge in [0, 0.05) is 16.3 Å². The Bertz CT molecular complexity index is 745. The van der Waals surface area contributed by atoms with Gasteiger partial charge < -0.3 is 4.90 Å². The highest BCUT2D eigenvalue weighted by atomic mass is 32.1. The smallest absolute Gasteiger partial charge is 0.241 e. The monoisotopic (exact) mass is 345 g/mol. The predicted molar refractivity (Wildman–Crippen MR) is 91.9 cm³/mol. The van der Waals surface area contributed by atoms with Crippen molar-refractivity contribution in [2.75, 3.05) is 6.54 Å². The van der Waals surface area contributed by atoms with Crippen LogP contribution in [0.25, 0.3) is 0 Å². The van der Waals surface area contributed by atoms with Crippen molar-refractivity contribution in [3.63, 3.8) is 0 Å². The van der Waals surface area contributed by atoms with Crippen molar-refractivity contribution in [1.82, 2.24) is 15.8 Å². The average Bonchev–Trinajstić information content (AvgIpc) is 3.17. The molecule has 2 fully saturated rings. The Morgan fingerprint density at radius 1 is 1.21 bits per heavy atom. The molecular formula is C18H20FN3OS. The zero-order chi connectivity index (χ0) is 16.7. The number of halogens is 1. The number of aryl methyl sites for hydroxylation is 1. The minimum atomic E-state index is -0.244. The quantitative estimate of drug-likeness (QED) is 0.899. The van der Waals surface area contributed by atoms with Crippen LogP contribution in [0, 0.1) is 12.7 Å². The number of hydrazine groups is 1. The van der Waals surface area contributed by atoms with Gasteiger partial charge in [-0.2, -0.15) is 0 Å². The molecule has 3 atom stereocenters. The van der Waals surface area contributed by atoms with Gasteiger partial charge in [0.05, 0.1) is 12.1 Å². The summed E-state index contributed by atoms with van der Waals surface area (Å²) >= 11 is 1.76. The molecule has 2 aliphatic rings. The fraction of sp³-hybridized carbons (Fsp3) is 0.389. The van der Waals surface area contributed by atoms with Gasteiger partial charge in [-0.15, -0.1) is 11.3 Å². The first-order chi connectivity index (χ1) is 11.6. The third kappa shape index (κ3) is 2.85. The first-order valence-corrected chi connectivity index (χ1v) is 9.07. The molecule has 24 heavy (non-hydrogen) atoms. The van der Waals surface area contributed by atoms with Gasteiger partial charge in [0.15, 0.2) is 0 Å². The van der Waals surface area contributed by atoms with E-state index < -0.39 is 0 Å². The Kier molecular flexibility index (Phi) is 4.12. The predicted octanol–water partition coefficient (Wildman–Crippen LogP) is 3.08. The molecule has 4 rings (SSSR count). The van der Waals surface area contributed by atoms with E-state index in [2.05, 4.69) is 29.9 Å². The number of carbonyl (C=O) groups is 1. The number of likely N-dealkylation sites (tertiary alicyclic amines) is 1. The molecule has 0 aliphatic carbocycles. The van der Waals surface area contributed by atoms with Crippen molar-refractivity contribution in [3.05, 3.63) is 57.5 Å². The summed E-state index contributed by atoms with van der Waals surface area (Å²) in [5.41, 5.74) is 7.40.